The molecule has 42 heavy (non-hydrogen) atoms. The van der Waals surface area contributed by atoms with Crippen LogP contribution >= 0.6 is 0 Å². The van der Waals surface area contributed by atoms with Gasteiger partial charge in [0.1, 0.15) is 6.61 Å². The lowest BCUT2D eigenvalue weighted by molar-refractivity contribution is -0.148. The van der Waals surface area contributed by atoms with Crippen LogP contribution in [0.3, 0.4) is 0 Å². The van der Waals surface area contributed by atoms with Crippen LogP contribution < -0.4 is 38.1 Å². The minimum absolute atomic E-state index is 0.0102. The van der Waals surface area contributed by atoms with E-state index >= 15 is 0 Å². The average Bonchev–Trinajstić information content (AvgIpc) is 2.95. The maximum atomic E-state index is 12.1. The number of esters is 1. The van der Waals surface area contributed by atoms with Crippen LogP contribution in [0.2, 0.25) is 0 Å². The van der Waals surface area contributed by atoms with E-state index in [9.17, 15) is 19.2 Å². The Morgan fingerprint density at radius 3 is 2.07 bits per heavy atom. The number of amides is 4. The van der Waals surface area contributed by atoms with Crippen molar-refractivity contribution in [3.05, 3.63) is 29.3 Å². The molecule has 0 atom stereocenters. The molecule has 0 spiro atoms. The highest BCUT2D eigenvalue weighted by molar-refractivity contribution is 5.97. The van der Waals surface area contributed by atoms with E-state index in [-0.39, 0.29) is 36.7 Å². The number of carbonyl (C=O) groups is 5. The van der Waals surface area contributed by atoms with Gasteiger partial charge in [0.15, 0.2) is 0 Å². The maximum absolute atomic E-state index is 12.1. The largest absolute Gasteiger partial charge is 0.461 e. The Morgan fingerprint density at radius 2 is 1.57 bits per heavy atom. The number of nitrogens with one attached hydrogen (secondary N) is 5. The van der Waals surface area contributed by atoms with E-state index in [0.29, 0.717) is 48.9 Å². The summed E-state index contributed by atoms with van der Waals surface area (Å²) in [6.07, 6.45) is 4.16. The fourth-order valence-corrected chi connectivity index (χ4v) is 2.68. The molecule has 1 aromatic carbocycles. The fraction of sp³-hybridized carbons (Fsp3) is 0.621. The van der Waals surface area contributed by atoms with Crippen LogP contribution in [0.1, 0.15) is 76.7 Å². The third kappa shape index (κ3) is 26.7. The van der Waals surface area contributed by atoms with Crippen LogP contribution in [0.15, 0.2) is 18.2 Å². The number of rotatable bonds is 16. The molecule has 1 rings (SSSR count). The van der Waals surface area contributed by atoms with Crippen molar-refractivity contribution in [1.82, 2.24) is 21.3 Å². The summed E-state index contributed by atoms with van der Waals surface area (Å²) >= 11 is 0. The zero-order valence-electron chi connectivity index (χ0n) is 26.5. The van der Waals surface area contributed by atoms with Crippen LogP contribution in [0.25, 0.3) is 0 Å². The second-order valence-corrected chi connectivity index (χ2v) is 9.48. The third-order valence-corrected chi connectivity index (χ3v) is 4.70. The summed E-state index contributed by atoms with van der Waals surface area (Å²) in [7, 11) is 1.94. The standard InChI is InChI=1S/C15H21N3O4.C10H23N3O.C3H8.CH3NO/c1-10(2)15(21)22-8-11-3-4-12(18-9-19)7-13(11)14(20)17-6-5-16;1-9(2)13-8-10(14)12-7-5-4-6-11-3;1-3-2;2-1-3/h3-4,7,9-10H,5-6,8,16H2,1-2H3,(H,17,20)(H,18,19);9,11,13H,4-8H2,1-3H3,(H,12,14);3H2,1-2H3;1H,(H2,2,3). The molecule has 13 heteroatoms. The first-order valence-electron chi connectivity index (χ1n) is 14.3. The molecule has 0 aliphatic rings. The second kappa shape index (κ2) is 30.4. The average molecular weight is 598 g/mol. The molecule has 0 unspecified atom stereocenters. The molecule has 0 fully saturated rings. The Morgan fingerprint density at radius 1 is 0.976 bits per heavy atom. The molecule has 9 N–H and O–H groups in total. The van der Waals surface area contributed by atoms with Gasteiger partial charge < -0.3 is 42.8 Å². The molecule has 0 radical (unpaired) electrons. The molecule has 0 saturated heterocycles. The summed E-state index contributed by atoms with van der Waals surface area (Å²) in [6, 6.07) is 5.16. The van der Waals surface area contributed by atoms with E-state index in [4.69, 9.17) is 15.3 Å². The molecule has 13 nitrogen and oxygen atoms in total. The van der Waals surface area contributed by atoms with Crippen molar-refractivity contribution in [3.63, 3.8) is 0 Å². The first kappa shape index (κ1) is 42.9. The van der Waals surface area contributed by atoms with Gasteiger partial charge in [-0.2, -0.15) is 0 Å². The van der Waals surface area contributed by atoms with Crippen LogP contribution in [-0.2, 0) is 30.5 Å². The van der Waals surface area contributed by atoms with Gasteiger partial charge in [0.05, 0.1) is 12.5 Å². The molecule has 4 amide bonds. The number of carbonyl (C=O) groups excluding carboxylic acids is 5. The smallest absolute Gasteiger partial charge is 0.308 e. The predicted molar refractivity (Wildman–Crippen MR) is 168 cm³/mol. The van der Waals surface area contributed by atoms with Crippen molar-refractivity contribution in [2.75, 3.05) is 45.1 Å². The van der Waals surface area contributed by atoms with Crippen molar-refractivity contribution in [1.29, 1.82) is 0 Å². The van der Waals surface area contributed by atoms with Crippen molar-refractivity contribution < 1.29 is 28.7 Å². The van der Waals surface area contributed by atoms with Crippen molar-refractivity contribution in [2.45, 2.75) is 73.5 Å². The minimum atomic E-state index is -0.344. The van der Waals surface area contributed by atoms with Gasteiger partial charge in [0.2, 0.25) is 18.7 Å². The van der Waals surface area contributed by atoms with E-state index in [2.05, 4.69) is 46.2 Å². The highest BCUT2D eigenvalue weighted by atomic mass is 16.5. The topological polar surface area (TPSA) is 207 Å². The lowest BCUT2D eigenvalue weighted by Gasteiger charge is -2.13. The summed E-state index contributed by atoms with van der Waals surface area (Å²) in [5.41, 5.74) is 10.9. The second-order valence-electron chi connectivity index (χ2n) is 9.48. The van der Waals surface area contributed by atoms with E-state index in [1.807, 2.05) is 20.9 Å². The van der Waals surface area contributed by atoms with Gasteiger partial charge >= 0.3 is 5.97 Å². The zero-order chi connectivity index (χ0) is 32.8. The first-order valence-corrected chi connectivity index (χ1v) is 14.3. The Balaban J connectivity index is -0.000000650. The Labute approximate surface area is 251 Å². The maximum Gasteiger partial charge on any atom is 0.308 e. The van der Waals surface area contributed by atoms with Gasteiger partial charge in [0.25, 0.3) is 5.91 Å². The Bertz CT molecular complexity index is 867. The summed E-state index contributed by atoms with van der Waals surface area (Å²) in [5.74, 6) is -0.840. The molecule has 0 saturated carbocycles. The number of unbranched alkanes of at least 4 members (excludes halogenated alkanes) is 1. The van der Waals surface area contributed by atoms with Gasteiger partial charge in [0, 0.05) is 42.5 Å². The number of hydrogen-bond donors (Lipinski definition) is 7. The lowest BCUT2D eigenvalue weighted by Crippen LogP contribution is -2.37. The molecular weight excluding hydrogens is 542 g/mol. The van der Waals surface area contributed by atoms with E-state index in [1.54, 1.807) is 26.0 Å². The molecule has 0 aromatic heterocycles. The fourth-order valence-electron chi connectivity index (χ4n) is 2.68. The van der Waals surface area contributed by atoms with E-state index < -0.39 is 0 Å². The van der Waals surface area contributed by atoms with Gasteiger partial charge in [-0.15, -0.1) is 0 Å². The van der Waals surface area contributed by atoms with Crippen molar-refractivity contribution >= 4 is 36.3 Å². The molecule has 0 heterocycles. The lowest BCUT2D eigenvalue weighted by atomic mass is 10.1. The molecule has 1 aromatic rings. The summed E-state index contributed by atoms with van der Waals surface area (Å²) < 4.78 is 5.15. The van der Waals surface area contributed by atoms with Gasteiger partial charge in [-0.05, 0) is 38.6 Å². The van der Waals surface area contributed by atoms with Crippen LogP contribution in [0.5, 0.6) is 0 Å². The molecule has 0 aliphatic heterocycles. The van der Waals surface area contributed by atoms with Crippen molar-refractivity contribution in [3.8, 4) is 0 Å². The molecule has 0 bridgehead atoms. The summed E-state index contributed by atoms with van der Waals surface area (Å²) in [6.45, 7) is 14.6. The van der Waals surface area contributed by atoms with Crippen LogP contribution in [0.4, 0.5) is 5.69 Å². The summed E-state index contributed by atoms with van der Waals surface area (Å²) in [4.78, 5) is 54.0. The highest BCUT2D eigenvalue weighted by Crippen LogP contribution is 2.17. The number of anilines is 1. The first-order chi connectivity index (χ1) is 20.0. The number of primary amides is 1. The molecule has 0 aliphatic carbocycles. The third-order valence-electron chi connectivity index (χ3n) is 4.70. The molecular formula is C29H55N7O6. The number of nitrogens with two attached hydrogens (primary N) is 2. The SMILES string of the molecule is CC(C)C(=O)OCc1ccc(NC=O)cc1C(=O)NCCN.CCC.CNCCCCNC(=O)CNC(C)C.NC=O. The number of ether oxygens (including phenoxy) is 1. The van der Waals surface area contributed by atoms with E-state index in [0.717, 1.165) is 25.9 Å². The Kier molecular flexibility index (Phi) is 31.1. The number of hydrogen-bond acceptors (Lipinski definition) is 9. The monoisotopic (exact) mass is 597 g/mol. The van der Waals surface area contributed by atoms with E-state index in [1.165, 1.54) is 12.5 Å². The van der Waals surface area contributed by atoms with Crippen molar-refractivity contribution in [2.24, 2.45) is 17.4 Å². The Hall–Kier alpha value is -3.55. The van der Waals surface area contributed by atoms with Gasteiger partial charge in [-0.25, -0.2) is 0 Å². The van der Waals surface area contributed by atoms with Gasteiger partial charge in [-0.1, -0.05) is 54.0 Å². The number of benzene rings is 1. The quantitative estimate of drug-likeness (QED) is 0.0830. The highest BCUT2D eigenvalue weighted by Gasteiger charge is 2.15. The normalized spacial score (nSPS) is 9.57. The minimum Gasteiger partial charge on any atom is -0.461 e. The van der Waals surface area contributed by atoms with Gasteiger partial charge in [-0.3, -0.25) is 24.0 Å². The predicted octanol–water partition coefficient (Wildman–Crippen LogP) is 1.26. The van der Waals surface area contributed by atoms with Crippen LogP contribution in [0, 0.1) is 5.92 Å². The summed E-state index contributed by atoms with van der Waals surface area (Å²) in [5, 5.41) is 14.1. The zero-order valence-corrected chi connectivity index (χ0v) is 26.5. The molecule has 242 valence electrons. The van der Waals surface area contributed by atoms with Crippen LogP contribution in [-0.4, -0.2) is 76.4 Å².